The molecule has 0 aliphatic heterocycles. The second-order valence-electron chi connectivity index (χ2n) is 5.38. The second kappa shape index (κ2) is 7.47. The van der Waals surface area contributed by atoms with E-state index in [4.69, 9.17) is 9.11 Å². The molecule has 0 spiro atoms. The van der Waals surface area contributed by atoms with Crippen LogP contribution in [0.1, 0.15) is 0 Å². The van der Waals surface area contributed by atoms with Crippen molar-refractivity contribution >= 4 is 43.5 Å². The molecule has 0 amide bonds. The Morgan fingerprint density at radius 3 is 1.32 bits per heavy atom. The highest BCUT2D eigenvalue weighted by atomic mass is 32.2. The molecule has 0 saturated carbocycles. The summed E-state index contributed by atoms with van der Waals surface area (Å²) < 4.78 is 62.1. The highest BCUT2D eigenvalue weighted by molar-refractivity contribution is 7.86. The fourth-order valence-corrected chi connectivity index (χ4v) is 3.06. The van der Waals surface area contributed by atoms with Crippen LogP contribution in [0.5, 0.6) is 0 Å². The van der Waals surface area contributed by atoms with E-state index >= 15 is 0 Å². The zero-order valence-electron chi connectivity index (χ0n) is 13.9. The van der Waals surface area contributed by atoms with Crippen LogP contribution in [0.3, 0.4) is 0 Å². The lowest BCUT2D eigenvalue weighted by atomic mass is 10.3. The van der Waals surface area contributed by atoms with E-state index in [0.29, 0.717) is 11.4 Å². The number of hydrogen-bond donors (Lipinski definition) is 4. The number of anilines is 4. The van der Waals surface area contributed by atoms with Gasteiger partial charge in [0.05, 0.1) is 9.79 Å². The van der Waals surface area contributed by atoms with Crippen LogP contribution in [-0.4, -0.2) is 40.9 Å². The van der Waals surface area contributed by atoms with E-state index < -0.39 is 20.2 Å². The van der Waals surface area contributed by atoms with Crippen molar-refractivity contribution in [2.45, 2.75) is 9.79 Å². The Kier molecular flexibility index (Phi) is 5.24. The standard InChI is InChI=1S/C15H13N5O6S2/c21-27(22,23)12-5-1-10(2-6-12)18-14-16-9-17-15(20-14)19-11-3-7-13(8-4-11)28(24,25)26/h1-9H,(H,21,22,23)(H,24,25,26)(H2,16,17,18,19,20). The first kappa shape index (κ1) is 19.6. The Labute approximate surface area is 160 Å². The van der Waals surface area contributed by atoms with Crippen LogP contribution >= 0.6 is 0 Å². The molecule has 0 unspecified atom stereocenters. The topological polar surface area (TPSA) is 171 Å². The van der Waals surface area contributed by atoms with Gasteiger partial charge in [0.15, 0.2) is 0 Å². The van der Waals surface area contributed by atoms with E-state index in [1.165, 1.54) is 54.9 Å². The SMILES string of the molecule is O=S(=O)(O)c1ccc(Nc2ncnc(Nc3ccc(S(=O)(=O)O)cc3)n2)cc1. The van der Waals surface area contributed by atoms with Crippen LogP contribution in [0.15, 0.2) is 64.6 Å². The zero-order valence-corrected chi connectivity index (χ0v) is 15.5. The summed E-state index contributed by atoms with van der Waals surface area (Å²) in [4.78, 5) is 11.5. The third-order valence-electron chi connectivity index (χ3n) is 3.39. The van der Waals surface area contributed by atoms with Gasteiger partial charge in [0.2, 0.25) is 11.9 Å². The van der Waals surface area contributed by atoms with Crippen molar-refractivity contribution in [1.82, 2.24) is 15.0 Å². The van der Waals surface area contributed by atoms with Gasteiger partial charge in [-0.1, -0.05) is 0 Å². The Bertz CT molecular complexity index is 1100. The highest BCUT2D eigenvalue weighted by Gasteiger charge is 2.10. The van der Waals surface area contributed by atoms with Gasteiger partial charge < -0.3 is 10.6 Å². The van der Waals surface area contributed by atoms with E-state index in [0.717, 1.165) is 0 Å². The van der Waals surface area contributed by atoms with Crippen molar-refractivity contribution < 1.29 is 25.9 Å². The molecule has 2 aromatic carbocycles. The quantitative estimate of drug-likeness (QED) is 0.426. The molecule has 1 aromatic heterocycles. The monoisotopic (exact) mass is 423 g/mol. The average molecular weight is 423 g/mol. The van der Waals surface area contributed by atoms with Crippen LogP contribution in [0.2, 0.25) is 0 Å². The third-order valence-corrected chi connectivity index (χ3v) is 5.12. The molecule has 28 heavy (non-hydrogen) atoms. The van der Waals surface area contributed by atoms with Crippen LogP contribution in [-0.2, 0) is 20.2 Å². The normalized spacial score (nSPS) is 11.8. The van der Waals surface area contributed by atoms with Crippen LogP contribution < -0.4 is 10.6 Å². The predicted octanol–water partition coefficient (Wildman–Crippen LogP) is 1.85. The molecule has 11 nitrogen and oxygen atoms in total. The molecule has 0 bridgehead atoms. The van der Waals surface area contributed by atoms with Crippen LogP contribution in [0, 0.1) is 0 Å². The highest BCUT2D eigenvalue weighted by Crippen LogP contribution is 2.19. The van der Waals surface area contributed by atoms with Crippen molar-refractivity contribution in [1.29, 1.82) is 0 Å². The molecule has 0 saturated heterocycles. The maximum atomic E-state index is 11.0. The van der Waals surface area contributed by atoms with Crippen molar-refractivity contribution in [3.05, 3.63) is 54.9 Å². The summed E-state index contributed by atoms with van der Waals surface area (Å²) >= 11 is 0. The lowest BCUT2D eigenvalue weighted by Crippen LogP contribution is -2.03. The Morgan fingerprint density at radius 1 is 0.643 bits per heavy atom. The van der Waals surface area contributed by atoms with Crippen LogP contribution in [0.25, 0.3) is 0 Å². The molecule has 13 heteroatoms. The number of benzene rings is 2. The van der Waals surface area contributed by atoms with Gasteiger partial charge >= 0.3 is 0 Å². The van der Waals surface area contributed by atoms with E-state index in [1.807, 2.05) is 0 Å². The van der Waals surface area contributed by atoms with Gasteiger partial charge in [-0.3, -0.25) is 9.11 Å². The molecular formula is C15H13N5O6S2. The van der Waals surface area contributed by atoms with Gasteiger partial charge in [0.25, 0.3) is 20.2 Å². The second-order valence-corrected chi connectivity index (χ2v) is 8.22. The van der Waals surface area contributed by atoms with Gasteiger partial charge in [-0.15, -0.1) is 0 Å². The number of nitrogens with zero attached hydrogens (tertiary/aromatic N) is 3. The average Bonchev–Trinajstić information content (AvgIpc) is 2.61. The van der Waals surface area contributed by atoms with Crippen molar-refractivity contribution in [2.75, 3.05) is 10.6 Å². The maximum absolute atomic E-state index is 11.0. The first-order valence-electron chi connectivity index (χ1n) is 7.49. The minimum Gasteiger partial charge on any atom is -0.324 e. The third kappa shape index (κ3) is 4.98. The molecule has 0 fully saturated rings. The summed E-state index contributed by atoms with van der Waals surface area (Å²) in [6, 6.07) is 10.6. The predicted molar refractivity (Wildman–Crippen MR) is 98.9 cm³/mol. The molecule has 1 heterocycles. The number of hydrogen-bond acceptors (Lipinski definition) is 9. The first-order valence-corrected chi connectivity index (χ1v) is 10.4. The number of nitrogens with one attached hydrogen (secondary N) is 2. The van der Waals surface area contributed by atoms with Gasteiger partial charge in [0.1, 0.15) is 6.33 Å². The molecule has 0 aliphatic rings. The minimum absolute atomic E-state index is 0.159. The molecule has 0 atom stereocenters. The molecule has 3 rings (SSSR count). The number of aromatic nitrogens is 3. The van der Waals surface area contributed by atoms with Gasteiger partial charge in [-0.25, -0.2) is 9.97 Å². The number of rotatable bonds is 6. The largest absolute Gasteiger partial charge is 0.324 e. The summed E-state index contributed by atoms with van der Waals surface area (Å²) in [5, 5.41) is 5.69. The fourth-order valence-electron chi connectivity index (χ4n) is 2.10. The van der Waals surface area contributed by atoms with E-state index in [-0.39, 0.29) is 21.7 Å². The summed E-state index contributed by atoms with van der Waals surface area (Å²) in [5.74, 6) is 0.318. The van der Waals surface area contributed by atoms with Crippen molar-refractivity contribution in [2.24, 2.45) is 0 Å². The molecule has 3 aromatic rings. The lowest BCUT2D eigenvalue weighted by Gasteiger charge is -2.08. The van der Waals surface area contributed by atoms with Crippen molar-refractivity contribution in [3.63, 3.8) is 0 Å². The van der Waals surface area contributed by atoms with Crippen LogP contribution in [0.4, 0.5) is 23.3 Å². The van der Waals surface area contributed by atoms with Gasteiger partial charge in [-0.2, -0.15) is 21.8 Å². The lowest BCUT2D eigenvalue weighted by molar-refractivity contribution is 0.481. The molecule has 4 N–H and O–H groups in total. The van der Waals surface area contributed by atoms with Gasteiger partial charge in [0, 0.05) is 11.4 Å². The van der Waals surface area contributed by atoms with E-state index in [9.17, 15) is 16.8 Å². The smallest absolute Gasteiger partial charge is 0.294 e. The molecule has 0 radical (unpaired) electrons. The molecule has 0 aliphatic carbocycles. The van der Waals surface area contributed by atoms with E-state index in [1.54, 1.807) is 0 Å². The summed E-state index contributed by atoms with van der Waals surface area (Å²) in [5.41, 5.74) is 0.948. The minimum atomic E-state index is -4.28. The summed E-state index contributed by atoms with van der Waals surface area (Å²) in [6.45, 7) is 0. The Hall–Kier alpha value is -3.13. The Balaban J connectivity index is 1.73. The summed E-state index contributed by atoms with van der Waals surface area (Å²) in [7, 11) is -8.56. The Morgan fingerprint density at radius 2 is 1.00 bits per heavy atom. The molecule has 146 valence electrons. The fraction of sp³-hybridized carbons (Fsp3) is 0. The van der Waals surface area contributed by atoms with E-state index in [2.05, 4.69) is 25.6 Å². The maximum Gasteiger partial charge on any atom is 0.294 e. The van der Waals surface area contributed by atoms with Gasteiger partial charge in [-0.05, 0) is 48.5 Å². The summed E-state index contributed by atoms with van der Waals surface area (Å²) in [6.07, 6.45) is 1.23. The zero-order chi connectivity index (χ0) is 20.4. The molecular weight excluding hydrogens is 410 g/mol. The van der Waals surface area contributed by atoms with Crippen molar-refractivity contribution in [3.8, 4) is 0 Å². The first-order chi connectivity index (χ1) is 13.1.